The standard InChI is InChI=1S/C8H14FNO2/c1-2-6-5(3-9)8(12)7(11)4-10-6/h3,6-8,10-12H,2,4H2,1H3/b5-3-/t6-,7+,8+/m0/s1. The molecule has 70 valence electrons. The zero-order valence-corrected chi connectivity index (χ0v) is 7.00. The molecule has 3 N–H and O–H groups in total. The van der Waals surface area contributed by atoms with E-state index in [-0.39, 0.29) is 11.6 Å². The van der Waals surface area contributed by atoms with Crippen molar-refractivity contribution in [3.63, 3.8) is 0 Å². The van der Waals surface area contributed by atoms with Crippen molar-refractivity contribution in [2.24, 2.45) is 0 Å². The topological polar surface area (TPSA) is 52.5 Å². The van der Waals surface area contributed by atoms with Gasteiger partial charge in [-0.25, -0.2) is 4.39 Å². The third kappa shape index (κ3) is 1.65. The van der Waals surface area contributed by atoms with E-state index in [0.29, 0.717) is 19.3 Å². The van der Waals surface area contributed by atoms with Crippen LogP contribution < -0.4 is 5.32 Å². The first-order chi connectivity index (χ1) is 5.70. The minimum absolute atomic E-state index is 0.145. The van der Waals surface area contributed by atoms with Crippen LogP contribution >= 0.6 is 0 Å². The van der Waals surface area contributed by atoms with Gasteiger partial charge in [-0.2, -0.15) is 0 Å². The molecule has 1 rings (SSSR count). The highest BCUT2D eigenvalue weighted by Crippen LogP contribution is 2.18. The molecule has 1 aliphatic heterocycles. The molecule has 0 unspecified atom stereocenters. The van der Waals surface area contributed by atoms with Gasteiger partial charge in [-0.05, 0) is 6.42 Å². The number of β-amino-alcohol motifs (C(OH)–C–C–N with tert-alkyl or cyclic N) is 1. The number of halogens is 1. The zero-order chi connectivity index (χ0) is 9.14. The minimum Gasteiger partial charge on any atom is -0.389 e. The second-order valence-corrected chi connectivity index (χ2v) is 2.99. The summed E-state index contributed by atoms with van der Waals surface area (Å²) in [5.74, 6) is 0. The van der Waals surface area contributed by atoms with Crippen LogP contribution in [0.5, 0.6) is 0 Å². The van der Waals surface area contributed by atoms with Crippen LogP contribution in [0.25, 0.3) is 0 Å². The van der Waals surface area contributed by atoms with Gasteiger partial charge in [-0.15, -0.1) is 0 Å². The van der Waals surface area contributed by atoms with E-state index in [9.17, 15) is 14.6 Å². The summed E-state index contributed by atoms with van der Waals surface area (Å²) in [6, 6.07) is -0.145. The number of nitrogens with one attached hydrogen (secondary N) is 1. The molecule has 3 atom stereocenters. The van der Waals surface area contributed by atoms with Gasteiger partial charge in [0.1, 0.15) is 6.10 Å². The molecule has 0 aromatic heterocycles. The Morgan fingerprint density at radius 2 is 2.33 bits per heavy atom. The molecular formula is C8H14FNO2. The largest absolute Gasteiger partial charge is 0.389 e. The van der Waals surface area contributed by atoms with E-state index in [4.69, 9.17) is 0 Å². The first kappa shape index (κ1) is 9.64. The fourth-order valence-electron chi connectivity index (χ4n) is 1.44. The highest BCUT2D eigenvalue weighted by molar-refractivity contribution is 5.18. The lowest BCUT2D eigenvalue weighted by atomic mass is 9.92. The molecule has 1 aliphatic rings. The van der Waals surface area contributed by atoms with Gasteiger partial charge >= 0.3 is 0 Å². The van der Waals surface area contributed by atoms with E-state index < -0.39 is 12.2 Å². The molecule has 0 radical (unpaired) electrons. The molecule has 1 saturated heterocycles. The van der Waals surface area contributed by atoms with E-state index >= 15 is 0 Å². The summed E-state index contributed by atoms with van der Waals surface area (Å²) < 4.78 is 12.3. The van der Waals surface area contributed by atoms with Gasteiger partial charge in [0.15, 0.2) is 0 Å². The van der Waals surface area contributed by atoms with Gasteiger partial charge < -0.3 is 15.5 Å². The van der Waals surface area contributed by atoms with Crippen molar-refractivity contribution in [2.75, 3.05) is 6.54 Å². The SMILES string of the molecule is CC[C@@H]1NC[C@@H](O)[C@H](O)/C1=C\F. The van der Waals surface area contributed by atoms with Crippen LogP contribution in [0.15, 0.2) is 11.9 Å². The maximum Gasteiger partial charge on any atom is 0.106 e. The summed E-state index contributed by atoms with van der Waals surface area (Å²) >= 11 is 0. The van der Waals surface area contributed by atoms with E-state index in [0.717, 1.165) is 0 Å². The summed E-state index contributed by atoms with van der Waals surface area (Å²) in [6.45, 7) is 2.21. The molecule has 0 aromatic carbocycles. The molecule has 0 spiro atoms. The third-order valence-corrected chi connectivity index (χ3v) is 2.22. The molecule has 0 amide bonds. The number of aliphatic hydroxyl groups is 2. The monoisotopic (exact) mass is 175 g/mol. The minimum atomic E-state index is -1.05. The average molecular weight is 175 g/mol. The Labute approximate surface area is 70.9 Å². The Bertz CT molecular complexity index is 180. The van der Waals surface area contributed by atoms with Crippen molar-refractivity contribution in [2.45, 2.75) is 31.6 Å². The Balaban J connectivity index is 2.72. The molecule has 1 heterocycles. The highest BCUT2D eigenvalue weighted by atomic mass is 19.1. The molecule has 3 nitrogen and oxygen atoms in total. The van der Waals surface area contributed by atoms with Crippen LogP contribution in [-0.4, -0.2) is 35.0 Å². The Morgan fingerprint density at radius 1 is 1.67 bits per heavy atom. The van der Waals surface area contributed by atoms with Crippen molar-refractivity contribution in [3.05, 3.63) is 11.9 Å². The summed E-state index contributed by atoms with van der Waals surface area (Å²) in [6.07, 6.45) is -0.857. The maximum absolute atomic E-state index is 12.3. The maximum atomic E-state index is 12.3. The second-order valence-electron chi connectivity index (χ2n) is 2.99. The normalized spacial score (nSPS) is 40.3. The zero-order valence-electron chi connectivity index (χ0n) is 7.00. The van der Waals surface area contributed by atoms with Crippen molar-refractivity contribution in [3.8, 4) is 0 Å². The molecule has 12 heavy (non-hydrogen) atoms. The molecular weight excluding hydrogens is 161 g/mol. The first-order valence-electron chi connectivity index (χ1n) is 4.10. The molecule has 1 fully saturated rings. The fraction of sp³-hybridized carbons (Fsp3) is 0.750. The Morgan fingerprint density at radius 3 is 2.83 bits per heavy atom. The molecule has 0 saturated carbocycles. The smallest absolute Gasteiger partial charge is 0.106 e. The predicted molar refractivity (Wildman–Crippen MR) is 43.3 cm³/mol. The van der Waals surface area contributed by atoms with Crippen LogP contribution in [0.2, 0.25) is 0 Å². The molecule has 4 heteroatoms. The Hall–Kier alpha value is -0.450. The van der Waals surface area contributed by atoms with E-state index in [2.05, 4.69) is 5.32 Å². The Kier molecular flexibility index (Phi) is 3.20. The van der Waals surface area contributed by atoms with Gasteiger partial charge in [0, 0.05) is 18.2 Å². The average Bonchev–Trinajstić information content (AvgIpc) is 2.09. The first-order valence-corrected chi connectivity index (χ1v) is 4.10. The third-order valence-electron chi connectivity index (χ3n) is 2.22. The number of hydrogen-bond donors (Lipinski definition) is 3. The summed E-state index contributed by atoms with van der Waals surface area (Å²) in [5, 5.41) is 21.4. The van der Waals surface area contributed by atoms with Gasteiger partial charge in [0.2, 0.25) is 0 Å². The summed E-state index contributed by atoms with van der Waals surface area (Å²) in [7, 11) is 0. The van der Waals surface area contributed by atoms with Crippen molar-refractivity contribution in [1.29, 1.82) is 0 Å². The quantitative estimate of drug-likeness (QED) is 0.523. The lowest BCUT2D eigenvalue weighted by Gasteiger charge is -2.32. The van der Waals surface area contributed by atoms with Gasteiger partial charge in [0.05, 0.1) is 12.4 Å². The van der Waals surface area contributed by atoms with E-state index in [1.807, 2.05) is 6.92 Å². The van der Waals surface area contributed by atoms with Crippen LogP contribution in [0.4, 0.5) is 4.39 Å². The highest BCUT2D eigenvalue weighted by Gasteiger charge is 2.31. The van der Waals surface area contributed by atoms with Gasteiger partial charge in [-0.1, -0.05) is 6.92 Å². The van der Waals surface area contributed by atoms with E-state index in [1.54, 1.807) is 0 Å². The molecule has 0 aliphatic carbocycles. The second kappa shape index (κ2) is 3.98. The van der Waals surface area contributed by atoms with Gasteiger partial charge in [0.25, 0.3) is 0 Å². The fourth-order valence-corrected chi connectivity index (χ4v) is 1.44. The predicted octanol–water partition coefficient (Wildman–Crippen LogP) is -0.0566. The van der Waals surface area contributed by atoms with Crippen LogP contribution in [0.3, 0.4) is 0 Å². The van der Waals surface area contributed by atoms with Crippen LogP contribution in [0, 0.1) is 0 Å². The number of aliphatic hydroxyl groups excluding tert-OH is 2. The summed E-state index contributed by atoms with van der Waals surface area (Å²) in [4.78, 5) is 0. The molecule has 0 bridgehead atoms. The lowest BCUT2D eigenvalue weighted by molar-refractivity contribution is 0.0205. The number of hydrogen-bond acceptors (Lipinski definition) is 3. The number of piperidine rings is 1. The lowest BCUT2D eigenvalue weighted by Crippen LogP contribution is -2.51. The van der Waals surface area contributed by atoms with Crippen molar-refractivity contribution in [1.82, 2.24) is 5.32 Å². The van der Waals surface area contributed by atoms with Crippen molar-refractivity contribution < 1.29 is 14.6 Å². The van der Waals surface area contributed by atoms with E-state index in [1.165, 1.54) is 0 Å². The van der Waals surface area contributed by atoms with Crippen LogP contribution in [-0.2, 0) is 0 Å². The molecule has 0 aromatic rings. The summed E-state index contributed by atoms with van der Waals surface area (Å²) in [5.41, 5.74) is 0.247. The van der Waals surface area contributed by atoms with Crippen molar-refractivity contribution >= 4 is 0 Å². The van der Waals surface area contributed by atoms with Gasteiger partial charge in [-0.3, -0.25) is 0 Å². The van der Waals surface area contributed by atoms with Crippen LogP contribution in [0.1, 0.15) is 13.3 Å². The number of rotatable bonds is 1.